The van der Waals surface area contributed by atoms with Crippen molar-refractivity contribution in [1.29, 1.82) is 0 Å². The number of aliphatic imine (C=N–C) groups is 1. The molecule has 3 aromatic carbocycles. The lowest BCUT2D eigenvalue weighted by molar-refractivity contribution is -0.385. The lowest BCUT2D eigenvalue weighted by Crippen LogP contribution is -2.06. The SMILES string of the molecule is CCOc1cc(C=Nc2ccc(OC)cc2)cc(I)c1Oc1ccc(C(F)(F)F)cc1[N+](=O)[O-]. The highest BCUT2D eigenvalue weighted by Gasteiger charge is 2.33. The predicted molar refractivity (Wildman–Crippen MR) is 129 cm³/mol. The normalized spacial score (nSPS) is 11.5. The van der Waals surface area contributed by atoms with Gasteiger partial charge in [0.25, 0.3) is 0 Å². The van der Waals surface area contributed by atoms with Crippen LogP contribution in [0, 0.1) is 13.7 Å². The molecule has 3 rings (SSSR count). The molecule has 0 unspecified atom stereocenters. The van der Waals surface area contributed by atoms with Gasteiger partial charge in [-0.15, -0.1) is 0 Å². The lowest BCUT2D eigenvalue weighted by Gasteiger charge is -2.15. The maximum atomic E-state index is 13.0. The van der Waals surface area contributed by atoms with Crippen LogP contribution < -0.4 is 14.2 Å². The van der Waals surface area contributed by atoms with Crippen LogP contribution in [0.15, 0.2) is 59.6 Å². The van der Waals surface area contributed by atoms with Crippen LogP contribution in [0.5, 0.6) is 23.0 Å². The van der Waals surface area contributed by atoms with Crippen molar-refractivity contribution in [3.05, 3.63) is 79.4 Å². The first-order valence-electron chi connectivity index (χ1n) is 9.80. The molecule has 34 heavy (non-hydrogen) atoms. The van der Waals surface area contributed by atoms with Gasteiger partial charge >= 0.3 is 11.9 Å². The Kier molecular flexibility index (Phi) is 7.97. The highest BCUT2D eigenvalue weighted by Crippen LogP contribution is 2.42. The van der Waals surface area contributed by atoms with Crippen molar-refractivity contribution < 1.29 is 32.3 Å². The summed E-state index contributed by atoms with van der Waals surface area (Å²) >= 11 is 1.96. The second-order valence-corrected chi connectivity index (χ2v) is 7.92. The second-order valence-electron chi connectivity index (χ2n) is 6.76. The number of hydrogen-bond acceptors (Lipinski definition) is 6. The van der Waals surface area contributed by atoms with Crippen LogP contribution in [-0.2, 0) is 6.18 Å². The maximum Gasteiger partial charge on any atom is 0.416 e. The van der Waals surface area contributed by atoms with Crippen LogP contribution >= 0.6 is 22.6 Å². The number of ether oxygens (including phenoxy) is 3. The Bertz CT molecular complexity index is 1210. The first kappa shape index (κ1) is 25.3. The molecule has 0 saturated carbocycles. The van der Waals surface area contributed by atoms with E-state index in [-0.39, 0.29) is 23.9 Å². The summed E-state index contributed by atoms with van der Waals surface area (Å²) in [6, 6.07) is 12.5. The number of nitro groups is 1. The van der Waals surface area contributed by atoms with E-state index >= 15 is 0 Å². The fourth-order valence-corrected chi connectivity index (χ4v) is 3.61. The molecule has 0 aliphatic carbocycles. The summed E-state index contributed by atoms with van der Waals surface area (Å²) in [5.74, 6) is 0.772. The quantitative estimate of drug-likeness (QED) is 0.121. The number of rotatable bonds is 8. The number of nitro benzene ring substituents is 1. The number of alkyl halides is 3. The predicted octanol–water partition coefficient (Wildman–Crippen LogP) is 7.17. The van der Waals surface area contributed by atoms with Crippen molar-refractivity contribution >= 4 is 40.2 Å². The summed E-state index contributed by atoms with van der Waals surface area (Å²) in [4.78, 5) is 14.9. The fraction of sp³-hybridized carbons (Fsp3) is 0.174. The summed E-state index contributed by atoms with van der Waals surface area (Å²) < 4.78 is 55.9. The molecule has 11 heteroatoms. The molecule has 0 heterocycles. The van der Waals surface area contributed by atoms with E-state index < -0.39 is 22.4 Å². The Labute approximate surface area is 206 Å². The van der Waals surface area contributed by atoms with Crippen LogP contribution in [-0.4, -0.2) is 24.9 Å². The first-order valence-corrected chi connectivity index (χ1v) is 10.9. The summed E-state index contributed by atoms with van der Waals surface area (Å²) in [6.45, 7) is 2.01. The molecule has 0 bridgehead atoms. The maximum absolute atomic E-state index is 13.0. The lowest BCUT2D eigenvalue weighted by atomic mass is 10.1. The molecular formula is C23H18F3IN2O5. The van der Waals surface area contributed by atoms with Crippen molar-refractivity contribution in [2.75, 3.05) is 13.7 Å². The molecule has 0 amide bonds. The minimum absolute atomic E-state index is 0.145. The molecule has 0 N–H and O–H groups in total. The van der Waals surface area contributed by atoms with Gasteiger partial charge in [0.05, 0.1) is 33.5 Å². The van der Waals surface area contributed by atoms with Gasteiger partial charge in [0.1, 0.15) is 5.75 Å². The summed E-state index contributed by atoms with van der Waals surface area (Å²) in [5.41, 5.74) is -0.595. The van der Waals surface area contributed by atoms with E-state index in [1.54, 1.807) is 56.6 Å². The molecule has 0 aromatic heterocycles. The van der Waals surface area contributed by atoms with Gasteiger partial charge < -0.3 is 14.2 Å². The molecule has 0 aliphatic heterocycles. The van der Waals surface area contributed by atoms with Gasteiger partial charge in [-0.3, -0.25) is 15.1 Å². The third-order valence-electron chi connectivity index (χ3n) is 4.46. The highest BCUT2D eigenvalue weighted by atomic mass is 127. The zero-order valence-corrected chi connectivity index (χ0v) is 20.1. The Morgan fingerprint density at radius 3 is 2.38 bits per heavy atom. The third kappa shape index (κ3) is 6.16. The number of halogens is 4. The third-order valence-corrected chi connectivity index (χ3v) is 5.26. The van der Waals surface area contributed by atoms with Crippen LogP contribution in [0.1, 0.15) is 18.1 Å². The van der Waals surface area contributed by atoms with Gasteiger partial charge in [-0.05, 0) is 83.6 Å². The van der Waals surface area contributed by atoms with Gasteiger partial charge in [-0.1, -0.05) is 0 Å². The van der Waals surface area contributed by atoms with Gasteiger partial charge in [-0.2, -0.15) is 13.2 Å². The van der Waals surface area contributed by atoms with Crippen molar-refractivity contribution in [2.45, 2.75) is 13.1 Å². The molecule has 3 aromatic rings. The van der Waals surface area contributed by atoms with E-state index in [0.717, 1.165) is 12.1 Å². The largest absolute Gasteiger partial charge is 0.497 e. The Morgan fingerprint density at radius 2 is 1.79 bits per heavy atom. The number of hydrogen-bond donors (Lipinski definition) is 0. The minimum Gasteiger partial charge on any atom is -0.497 e. The van der Waals surface area contributed by atoms with E-state index in [2.05, 4.69) is 4.99 Å². The van der Waals surface area contributed by atoms with Crippen LogP contribution in [0.2, 0.25) is 0 Å². The molecule has 178 valence electrons. The molecule has 0 spiro atoms. The summed E-state index contributed by atoms with van der Waals surface area (Å²) in [7, 11) is 1.57. The zero-order valence-electron chi connectivity index (χ0n) is 17.9. The van der Waals surface area contributed by atoms with E-state index in [0.29, 0.717) is 26.6 Å². The van der Waals surface area contributed by atoms with Gasteiger partial charge in [0.2, 0.25) is 5.75 Å². The van der Waals surface area contributed by atoms with E-state index in [9.17, 15) is 23.3 Å². The molecule has 0 fully saturated rings. The molecule has 0 atom stereocenters. The molecular weight excluding hydrogens is 568 g/mol. The standard InChI is InChI=1S/C23H18F3IN2O5/c1-3-33-21-11-14(13-28-16-5-7-17(32-2)8-6-16)10-18(27)22(21)34-20-9-4-15(23(24,25)26)12-19(20)29(30)31/h4-13H,3H2,1-2H3. The summed E-state index contributed by atoms with van der Waals surface area (Å²) in [6.07, 6.45) is -3.12. The van der Waals surface area contributed by atoms with Crippen LogP contribution in [0.3, 0.4) is 0 Å². The van der Waals surface area contributed by atoms with Crippen molar-refractivity contribution in [3.63, 3.8) is 0 Å². The molecule has 0 saturated heterocycles. The molecule has 0 aliphatic rings. The average Bonchev–Trinajstić information content (AvgIpc) is 2.79. The average molecular weight is 586 g/mol. The topological polar surface area (TPSA) is 83.2 Å². The Morgan fingerprint density at radius 1 is 1.09 bits per heavy atom. The highest BCUT2D eigenvalue weighted by molar-refractivity contribution is 14.1. The minimum atomic E-state index is -4.72. The van der Waals surface area contributed by atoms with Crippen molar-refractivity contribution in [2.24, 2.45) is 4.99 Å². The fourth-order valence-electron chi connectivity index (χ4n) is 2.87. The number of nitrogens with zero attached hydrogens (tertiary/aromatic N) is 2. The van der Waals surface area contributed by atoms with E-state index in [4.69, 9.17) is 14.2 Å². The van der Waals surface area contributed by atoms with Crippen molar-refractivity contribution in [3.8, 4) is 23.0 Å². The van der Waals surface area contributed by atoms with E-state index in [1.807, 2.05) is 22.6 Å². The Balaban J connectivity index is 1.96. The molecule has 0 radical (unpaired) electrons. The van der Waals surface area contributed by atoms with Gasteiger partial charge in [0, 0.05) is 12.3 Å². The smallest absolute Gasteiger partial charge is 0.416 e. The zero-order chi connectivity index (χ0) is 24.9. The number of benzene rings is 3. The van der Waals surface area contributed by atoms with Crippen LogP contribution in [0.4, 0.5) is 24.5 Å². The number of methoxy groups -OCH3 is 1. The van der Waals surface area contributed by atoms with Gasteiger partial charge in [-0.25, -0.2) is 0 Å². The van der Waals surface area contributed by atoms with Gasteiger partial charge in [0.15, 0.2) is 11.5 Å². The van der Waals surface area contributed by atoms with Crippen LogP contribution in [0.25, 0.3) is 0 Å². The molecule has 7 nitrogen and oxygen atoms in total. The second kappa shape index (κ2) is 10.7. The monoisotopic (exact) mass is 586 g/mol. The first-order chi connectivity index (χ1) is 16.1. The Hall–Kier alpha value is -3.35. The summed E-state index contributed by atoms with van der Waals surface area (Å²) in [5, 5.41) is 11.4. The van der Waals surface area contributed by atoms with Crippen molar-refractivity contribution in [1.82, 2.24) is 0 Å². The van der Waals surface area contributed by atoms with E-state index in [1.165, 1.54) is 0 Å².